The van der Waals surface area contributed by atoms with E-state index in [0.717, 1.165) is 5.56 Å². The van der Waals surface area contributed by atoms with E-state index in [4.69, 9.17) is 24.4 Å². The van der Waals surface area contributed by atoms with Gasteiger partial charge in [-0.1, -0.05) is 45.0 Å². The molecule has 6 nitrogen and oxygen atoms in total. The minimum Gasteiger partial charge on any atom is -0.332 e. The van der Waals surface area contributed by atoms with Crippen molar-refractivity contribution >= 4 is 63.9 Å². The van der Waals surface area contributed by atoms with Crippen LogP contribution >= 0.6 is 24.4 Å². The molecule has 0 saturated carbocycles. The molecule has 0 radical (unpaired) electrons. The molecule has 2 aromatic rings. The Morgan fingerprint density at radius 1 is 0.871 bits per heavy atom. The van der Waals surface area contributed by atoms with Gasteiger partial charge in [0.15, 0.2) is 10.2 Å². The van der Waals surface area contributed by atoms with Gasteiger partial charge < -0.3 is 16.0 Å². The zero-order chi connectivity index (χ0) is 22.8. The molecule has 0 aliphatic carbocycles. The van der Waals surface area contributed by atoms with Crippen molar-refractivity contribution in [2.45, 2.75) is 33.1 Å². The highest BCUT2D eigenvalue weighted by molar-refractivity contribution is 7.80. The minimum absolute atomic E-state index is 0.154. The number of carbonyl (C=O) groups excluding carboxylic acids is 2. The van der Waals surface area contributed by atoms with Crippen LogP contribution in [0.4, 0.5) is 11.4 Å². The second-order valence-corrected chi connectivity index (χ2v) is 7.85. The van der Waals surface area contributed by atoms with Crippen LogP contribution < -0.4 is 21.3 Å². The van der Waals surface area contributed by atoms with Gasteiger partial charge in [0.05, 0.1) is 0 Å². The zero-order valence-electron chi connectivity index (χ0n) is 17.7. The van der Waals surface area contributed by atoms with Crippen LogP contribution in [0.2, 0.25) is 0 Å². The van der Waals surface area contributed by atoms with E-state index in [0.29, 0.717) is 23.7 Å². The molecule has 162 valence electrons. The number of thiocarbonyl (C=S) groups is 2. The van der Waals surface area contributed by atoms with Crippen molar-refractivity contribution in [1.82, 2.24) is 10.6 Å². The summed E-state index contributed by atoms with van der Waals surface area (Å²) < 4.78 is 0. The fourth-order valence-electron chi connectivity index (χ4n) is 2.49. The van der Waals surface area contributed by atoms with Gasteiger partial charge in [-0.3, -0.25) is 14.9 Å². The molecule has 0 bridgehead atoms. The van der Waals surface area contributed by atoms with E-state index in [-0.39, 0.29) is 22.0 Å². The number of rotatable bonds is 6. The molecule has 0 aliphatic rings. The van der Waals surface area contributed by atoms with E-state index in [1.165, 1.54) is 11.6 Å². The average Bonchev–Trinajstić information content (AvgIpc) is 2.73. The zero-order valence-corrected chi connectivity index (χ0v) is 19.3. The van der Waals surface area contributed by atoms with E-state index in [9.17, 15) is 9.59 Å². The van der Waals surface area contributed by atoms with Crippen molar-refractivity contribution < 1.29 is 9.59 Å². The lowest BCUT2D eigenvalue weighted by Crippen LogP contribution is -2.33. The van der Waals surface area contributed by atoms with Gasteiger partial charge in [-0.25, -0.2) is 0 Å². The Morgan fingerprint density at radius 3 is 1.87 bits per heavy atom. The number of nitrogens with one attached hydrogen (secondary N) is 4. The Morgan fingerprint density at radius 2 is 1.39 bits per heavy atom. The molecular formula is C23H26N4O2S2. The van der Waals surface area contributed by atoms with E-state index in [2.05, 4.69) is 47.2 Å². The molecule has 2 amide bonds. The molecule has 0 fully saturated rings. The molecule has 2 aromatic carbocycles. The SMILES string of the molecule is CCC(=O)NC(=S)Nc1ccc(NC(=S)NC(=O)C=Cc2ccc(C(C)C)cc2)cc1. The summed E-state index contributed by atoms with van der Waals surface area (Å²) in [6.07, 6.45) is 3.53. The summed E-state index contributed by atoms with van der Waals surface area (Å²) in [7, 11) is 0. The lowest BCUT2D eigenvalue weighted by molar-refractivity contribution is -0.119. The van der Waals surface area contributed by atoms with Gasteiger partial charge in [-0.2, -0.15) is 0 Å². The number of hydrogen-bond donors (Lipinski definition) is 4. The first kappa shape index (κ1) is 24.2. The highest BCUT2D eigenvalue weighted by Crippen LogP contribution is 2.15. The maximum absolute atomic E-state index is 12.1. The number of carbonyl (C=O) groups is 2. The Bertz CT molecular complexity index is 968. The number of anilines is 2. The predicted octanol–water partition coefficient (Wildman–Crippen LogP) is 4.56. The highest BCUT2D eigenvalue weighted by Gasteiger charge is 2.04. The van der Waals surface area contributed by atoms with Crippen molar-refractivity contribution in [3.63, 3.8) is 0 Å². The summed E-state index contributed by atoms with van der Waals surface area (Å²) in [6.45, 7) is 6.02. The Balaban J connectivity index is 1.82. The van der Waals surface area contributed by atoms with Crippen molar-refractivity contribution in [1.29, 1.82) is 0 Å². The van der Waals surface area contributed by atoms with E-state index < -0.39 is 0 Å². The summed E-state index contributed by atoms with van der Waals surface area (Å²) in [5.41, 5.74) is 3.61. The molecule has 0 saturated heterocycles. The lowest BCUT2D eigenvalue weighted by Gasteiger charge is -2.11. The molecule has 0 unspecified atom stereocenters. The topological polar surface area (TPSA) is 82.3 Å². The number of hydrogen-bond acceptors (Lipinski definition) is 4. The molecule has 0 aromatic heterocycles. The summed E-state index contributed by atoms with van der Waals surface area (Å²) in [5, 5.41) is 11.5. The van der Waals surface area contributed by atoms with Gasteiger partial charge >= 0.3 is 0 Å². The van der Waals surface area contributed by atoms with Gasteiger partial charge in [0.1, 0.15) is 0 Å². The third-order valence-electron chi connectivity index (χ3n) is 4.24. The molecule has 0 heterocycles. The Kier molecular flexibility index (Phi) is 9.30. The number of benzene rings is 2. The van der Waals surface area contributed by atoms with Gasteiger partial charge in [-0.05, 0) is 71.8 Å². The van der Waals surface area contributed by atoms with Crippen LogP contribution in [-0.4, -0.2) is 22.0 Å². The van der Waals surface area contributed by atoms with Gasteiger partial charge in [0.25, 0.3) is 0 Å². The van der Waals surface area contributed by atoms with Crippen LogP contribution in [0.1, 0.15) is 44.2 Å². The van der Waals surface area contributed by atoms with Crippen molar-refractivity contribution in [3.8, 4) is 0 Å². The van der Waals surface area contributed by atoms with Gasteiger partial charge in [0.2, 0.25) is 11.8 Å². The van der Waals surface area contributed by atoms with Crippen LogP contribution in [0, 0.1) is 0 Å². The van der Waals surface area contributed by atoms with Gasteiger partial charge in [0, 0.05) is 23.9 Å². The largest absolute Gasteiger partial charge is 0.332 e. The number of amides is 2. The molecule has 0 aliphatic heterocycles. The molecular weight excluding hydrogens is 428 g/mol. The smallest absolute Gasteiger partial charge is 0.250 e. The lowest BCUT2D eigenvalue weighted by atomic mass is 10.0. The standard InChI is InChI=1S/C23H26N4O2S2/c1-4-20(28)26-22(30)24-18-10-12-19(13-11-18)25-23(31)27-21(29)14-7-16-5-8-17(9-6-16)15(2)3/h5-15H,4H2,1-3H3,(H2,24,26,28,30)(H2,25,27,29,31). The first-order chi connectivity index (χ1) is 14.8. The van der Waals surface area contributed by atoms with E-state index >= 15 is 0 Å². The summed E-state index contributed by atoms with van der Waals surface area (Å²) in [6, 6.07) is 15.2. The van der Waals surface area contributed by atoms with Crippen LogP contribution in [0.5, 0.6) is 0 Å². The molecule has 0 spiro atoms. The first-order valence-corrected chi connectivity index (χ1v) is 10.7. The van der Waals surface area contributed by atoms with E-state index in [1.54, 1.807) is 37.3 Å². The van der Waals surface area contributed by atoms with Crippen LogP contribution in [0.25, 0.3) is 6.08 Å². The summed E-state index contributed by atoms with van der Waals surface area (Å²) in [4.78, 5) is 23.4. The third-order valence-corrected chi connectivity index (χ3v) is 4.65. The fourth-order valence-corrected chi connectivity index (χ4v) is 2.94. The van der Waals surface area contributed by atoms with Crippen LogP contribution in [0.3, 0.4) is 0 Å². The normalized spacial score (nSPS) is 10.6. The maximum atomic E-state index is 12.1. The predicted molar refractivity (Wildman–Crippen MR) is 135 cm³/mol. The Hall–Kier alpha value is -3.10. The van der Waals surface area contributed by atoms with Crippen molar-refractivity contribution in [2.75, 3.05) is 10.6 Å². The fraction of sp³-hybridized carbons (Fsp3) is 0.217. The summed E-state index contributed by atoms with van der Waals surface area (Å²) in [5.74, 6) is -0.00705. The monoisotopic (exact) mass is 454 g/mol. The quantitative estimate of drug-likeness (QED) is 0.378. The van der Waals surface area contributed by atoms with E-state index in [1.807, 2.05) is 12.1 Å². The van der Waals surface area contributed by atoms with Gasteiger partial charge in [-0.15, -0.1) is 0 Å². The average molecular weight is 455 g/mol. The van der Waals surface area contributed by atoms with Crippen molar-refractivity contribution in [2.24, 2.45) is 0 Å². The molecule has 2 rings (SSSR count). The minimum atomic E-state index is -0.319. The molecule has 31 heavy (non-hydrogen) atoms. The Labute approximate surface area is 193 Å². The van der Waals surface area contributed by atoms with Crippen LogP contribution in [-0.2, 0) is 9.59 Å². The highest BCUT2D eigenvalue weighted by atomic mass is 32.1. The second kappa shape index (κ2) is 11.9. The second-order valence-electron chi connectivity index (χ2n) is 7.03. The molecule has 0 atom stereocenters. The molecule has 4 N–H and O–H groups in total. The maximum Gasteiger partial charge on any atom is 0.250 e. The van der Waals surface area contributed by atoms with Crippen molar-refractivity contribution in [3.05, 3.63) is 65.7 Å². The third kappa shape index (κ3) is 8.65. The molecule has 8 heteroatoms. The first-order valence-electron chi connectivity index (χ1n) is 9.87. The summed E-state index contributed by atoms with van der Waals surface area (Å²) >= 11 is 10.3. The van der Waals surface area contributed by atoms with Crippen LogP contribution in [0.15, 0.2) is 54.6 Å².